The second-order valence-corrected chi connectivity index (χ2v) is 5.71. The molecule has 1 aromatic carbocycles. The molecule has 108 valence electrons. The minimum atomic E-state index is -0.454. The minimum Gasteiger partial charge on any atom is -0.357 e. The Hall–Kier alpha value is -1.40. The number of rotatable bonds is 2. The van der Waals surface area contributed by atoms with Crippen LogP contribution in [0.1, 0.15) is 15.9 Å². The fourth-order valence-electron chi connectivity index (χ4n) is 2.37. The molecule has 1 unspecified atom stereocenters. The quantitative estimate of drug-likeness (QED) is 0.842. The monoisotopic (exact) mass is 339 g/mol. The molecule has 2 rings (SSSR count). The molecule has 1 heterocycles. The molecule has 1 aromatic rings. The average molecular weight is 340 g/mol. The molecule has 2 amide bonds. The highest BCUT2D eigenvalue weighted by Crippen LogP contribution is 2.19. The Kier molecular flexibility index (Phi) is 4.77. The zero-order valence-electron chi connectivity index (χ0n) is 11.6. The molecular formula is C14H18BrN3O2. The van der Waals surface area contributed by atoms with Crippen LogP contribution in [-0.4, -0.2) is 49.4 Å². The third-order valence-electron chi connectivity index (χ3n) is 3.47. The van der Waals surface area contributed by atoms with Crippen molar-refractivity contribution in [2.45, 2.75) is 13.0 Å². The lowest BCUT2D eigenvalue weighted by molar-refractivity contribution is -0.125. The summed E-state index contributed by atoms with van der Waals surface area (Å²) in [5.41, 5.74) is 1.54. The van der Waals surface area contributed by atoms with Gasteiger partial charge in [0.05, 0.1) is 0 Å². The van der Waals surface area contributed by atoms with E-state index in [0.717, 1.165) is 10.0 Å². The smallest absolute Gasteiger partial charge is 0.254 e. The van der Waals surface area contributed by atoms with E-state index in [9.17, 15) is 9.59 Å². The van der Waals surface area contributed by atoms with Gasteiger partial charge < -0.3 is 15.5 Å². The van der Waals surface area contributed by atoms with Gasteiger partial charge in [0, 0.05) is 36.7 Å². The summed E-state index contributed by atoms with van der Waals surface area (Å²) in [5, 5.41) is 5.76. The zero-order valence-corrected chi connectivity index (χ0v) is 13.2. The van der Waals surface area contributed by atoms with E-state index < -0.39 is 6.04 Å². The maximum Gasteiger partial charge on any atom is 0.254 e. The summed E-state index contributed by atoms with van der Waals surface area (Å²) in [7, 11) is 1.59. The highest BCUT2D eigenvalue weighted by Gasteiger charge is 2.32. The van der Waals surface area contributed by atoms with Crippen LogP contribution >= 0.6 is 15.9 Å². The first-order chi connectivity index (χ1) is 9.54. The van der Waals surface area contributed by atoms with Crippen LogP contribution in [0, 0.1) is 6.92 Å². The summed E-state index contributed by atoms with van der Waals surface area (Å²) >= 11 is 3.39. The van der Waals surface area contributed by atoms with E-state index in [2.05, 4.69) is 26.6 Å². The van der Waals surface area contributed by atoms with E-state index in [-0.39, 0.29) is 11.8 Å². The van der Waals surface area contributed by atoms with Crippen LogP contribution in [0.4, 0.5) is 0 Å². The summed E-state index contributed by atoms with van der Waals surface area (Å²) in [6.45, 7) is 3.62. The van der Waals surface area contributed by atoms with Gasteiger partial charge in [0.1, 0.15) is 6.04 Å². The molecule has 0 saturated carbocycles. The number of likely N-dealkylation sites (N-methyl/N-ethyl adjacent to an activating group) is 1. The van der Waals surface area contributed by atoms with Crippen LogP contribution < -0.4 is 10.6 Å². The van der Waals surface area contributed by atoms with Gasteiger partial charge in [0.2, 0.25) is 5.91 Å². The molecule has 5 nitrogen and oxygen atoms in total. The molecule has 0 aliphatic carbocycles. The lowest BCUT2D eigenvalue weighted by atomic mass is 10.1. The van der Waals surface area contributed by atoms with E-state index in [0.29, 0.717) is 25.2 Å². The molecule has 0 aromatic heterocycles. The van der Waals surface area contributed by atoms with E-state index >= 15 is 0 Å². The van der Waals surface area contributed by atoms with Gasteiger partial charge in [-0.1, -0.05) is 15.9 Å². The Morgan fingerprint density at radius 3 is 2.85 bits per heavy atom. The molecule has 6 heteroatoms. The first-order valence-corrected chi connectivity index (χ1v) is 7.33. The van der Waals surface area contributed by atoms with Gasteiger partial charge in [-0.15, -0.1) is 0 Å². The third-order valence-corrected chi connectivity index (χ3v) is 3.97. The number of halogens is 1. The first-order valence-electron chi connectivity index (χ1n) is 6.54. The van der Waals surface area contributed by atoms with Crippen molar-refractivity contribution < 1.29 is 9.59 Å². The van der Waals surface area contributed by atoms with E-state index in [4.69, 9.17) is 0 Å². The van der Waals surface area contributed by atoms with Crippen LogP contribution in [0.15, 0.2) is 22.7 Å². The van der Waals surface area contributed by atoms with Crippen molar-refractivity contribution in [3.8, 4) is 0 Å². The number of hydrogen-bond donors (Lipinski definition) is 2. The van der Waals surface area contributed by atoms with Crippen LogP contribution in [0.5, 0.6) is 0 Å². The van der Waals surface area contributed by atoms with E-state index in [1.165, 1.54) is 0 Å². The van der Waals surface area contributed by atoms with Crippen molar-refractivity contribution in [1.82, 2.24) is 15.5 Å². The zero-order chi connectivity index (χ0) is 14.7. The van der Waals surface area contributed by atoms with Gasteiger partial charge >= 0.3 is 0 Å². The van der Waals surface area contributed by atoms with Gasteiger partial charge in [-0.25, -0.2) is 0 Å². The highest BCUT2D eigenvalue weighted by atomic mass is 79.9. The number of amides is 2. The average Bonchev–Trinajstić information content (AvgIpc) is 2.46. The number of aryl methyl sites for hydroxylation is 1. The number of nitrogens with zero attached hydrogens (tertiary/aromatic N) is 1. The predicted octanol–water partition coefficient (Wildman–Crippen LogP) is 0.918. The Morgan fingerprint density at radius 2 is 2.20 bits per heavy atom. The van der Waals surface area contributed by atoms with Gasteiger partial charge in [0.25, 0.3) is 5.91 Å². The van der Waals surface area contributed by atoms with Gasteiger partial charge in [-0.3, -0.25) is 9.59 Å². The van der Waals surface area contributed by atoms with Crippen LogP contribution in [0.25, 0.3) is 0 Å². The summed E-state index contributed by atoms with van der Waals surface area (Å²) in [6, 6.07) is 5.09. The molecule has 1 saturated heterocycles. The van der Waals surface area contributed by atoms with Crippen LogP contribution in [0.2, 0.25) is 0 Å². The number of carbonyl (C=O) groups is 2. The van der Waals surface area contributed by atoms with E-state index in [1.807, 2.05) is 19.1 Å². The Labute approximate surface area is 126 Å². The van der Waals surface area contributed by atoms with Gasteiger partial charge in [0.15, 0.2) is 0 Å². The van der Waals surface area contributed by atoms with Crippen molar-refractivity contribution in [1.29, 1.82) is 0 Å². The molecule has 1 aliphatic heterocycles. The maximum atomic E-state index is 12.7. The lowest BCUT2D eigenvalue weighted by Crippen LogP contribution is -2.59. The minimum absolute atomic E-state index is 0.0925. The number of carbonyl (C=O) groups excluding carboxylic acids is 2. The van der Waals surface area contributed by atoms with Crippen molar-refractivity contribution in [3.05, 3.63) is 33.8 Å². The van der Waals surface area contributed by atoms with Gasteiger partial charge in [-0.05, 0) is 30.7 Å². The maximum absolute atomic E-state index is 12.7. The molecule has 2 N–H and O–H groups in total. The second kappa shape index (κ2) is 6.37. The van der Waals surface area contributed by atoms with Crippen LogP contribution in [0.3, 0.4) is 0 Å². The predicted molar refractivity (Wildman–Crippen MR) is 80.6 cm³/mol. The summed E-state index contributed by atoms with van der Waals surface area (Å²) in [5.74, 6) is -0.231. The molecule has 0 radical (unpaired) electrons. The lowest BCUT2D eigenvalue weighted by Gasteiger charge is -2.35. The number of piperazine rings is 1. The molecule has 1 fully saturated rings. The van der Waals surface area contributed by atoms with Crippen molar-refractivity contribution in [2.75, 3.05) is 26.7 Å². The fraction of sp³-hybridized carbons (Fsp3) is 0.429. The number of benzene rings is 1. The standard InChI is InChI=1S/C14H18BrN3O2/c1-9-7-10(15)3-4-11(9)14(20)18-6-5-17-8-12(18)13(19)16-2/h3-4,7,12,17H,5-6,8H2,1-2H3,(H,16,19). The molecule has 0 bridgehead atoms. The Bertz CT molecular complexity index is 533. The molecule has 1 aliphatic rings. The van der Waals surface area contributed by atoms with Crippen molar-refractivity contribution in [2.24, 2.45) is 0 Å². The third kappa shape index (κ3) is 3.02. The summed E-state index contributed by atoms with van der Waals surface area (Å²) in [4.78, 5) is 26.2. The number of hydrogen-bond acceptors (Lipinski definition) is 3. The van der Waals surface area contributed by atoms with Gasteiger partial charge in [-0.2, -0.15) is 0 Å². The number of nitrogens with one attached hydrogen (secondary N) is 2. The SMILES string of the molecule is CNC(=O)C1CNCCN1C(=O)c1ccc(Br)cc1C. The van der Waals surface area contributed by atoms with Crippen LogP contribution in [-0.2, 0) is 4.79 Å². The molecule has 20 heavy (non-hydrogen) atoms. The van der Waals surface area contributed by atoms with E-state index in [1.54, 1.807) is 18.0 Å². The fourth-order valence-corrected chi connectivity index (χ4v) is 2.85. The van der Waals surface area contributed by atoms with Crippen molar-refractivity contribution in [3.63, 3.8) is 0 Å². The largest absolute Gasteiger partial charge is 0.357 e. The first kappa shape index (κ1) is 15.0. The molecule has 0 spiro atoms. The topological polar surface area (TPSA) is 61.4 Å². The Morgan fingerprint density at radius 1 is 1.45 bits per heavy atom. The normalized spacial score (nSPS) is 18.8. The summed E-state index contributed by atoms with van der Waals surface area (Å²) in [6.07, 6.45) is 0. The second-order valence-electron chi connectivity index (χ2n) is 4.79. The van der Waals surface area contributed by atoms with Crippen molar-refractivity contribution >= 4 is 27.7 Å². The highest BCUT2D eigenvalue weighted by molar-refractivity contribution is 9.10. The summed E-state index contributed by atoms with van der Waals surface area (Å²) < 4.78 is 0.940. The molecular weight excluding hydrogens is 322 g/mol. The molecule has 1 atom stereocenters. The Balaban J connectivity index is 2.27.